The molecule has 0 bridgehead atoms. The molecule has 3 aromatic rings. The summed E-state index contributed by atoms with van der Waals surface area (Å²) in [5.41, 5.74) is 2.60. The Kier molecular flexibility index (Phi) is 9.62. The van der Waals surface area contributed by atoms with Gasteiger partial charge in [-0.05, 0) is 37.0 Å². The number of benzene rings is 2. The highest BCUT2D eigenvalue weighted by Crippen LogP contribution is 2.28. The van der Waals surface area contributed by atoms with Crippen molar-refractivity contribution in [1.82, 2.24) is 30.7 Å². The van der Waals surface area contributed by atoms with E-state index in [0.29, 0.717) is 0 Å². The molecule has 11 heteroatoms. The molecule has 1 aliphatic carbocycles. The first-order chi connectivity index (χ1) is 21.2. The molecule has 11 nitrogen and oxygen atoms in total. The lowest BCUT2D eigenvalue weighted by Gasteiger charge is -2.32. The molecule has 0 unspecified atom stereocenters. The van der Waals surface area contributed by atoms with E-state index in [1.54, 1.807) is 6.92 Å². The van der Waals surface area contributed by atoms with E-state index in [-0.39, 0.29) is 44.3 Å². The Labute approximate surface area is 256 Å². The highest BCUT2D eigenvalue weighted by molar-refractivity contribution is 5.95. The fourth-order valence-electron chi connectivity index (χ4n) is 5.72. The predicted octanol–water partition coefficient (Wildman–Crippen LogP) is 1.53. The van der Waals surface area contributed by atoms with E-state index in [1.807, 2.05) is 60.8 Å². The second kappa shape index (κ2) is 13.7. The van der Waals surface area contributed by atoms with Crippen LogP contribution in [0.3, 0.4) is 0 Å². The zero-order valence-corrected chi connectivity index (χ0v) is 25.2. The largest absolute Gasteiger partial charge is 0.361 e. The van der Waals surface area contributed by atoms with Crippen LogP contribution in [0, 0.1) is 5.92 Å². The Balaban J connectivity index is 1.44. The average molecular weight is 601 g/mol. The summed E-state index contributed by atoms with van der Waals surface area (Å²) < 4.78 is 0. The number of likely N-dealkylation sites (N-methyl/N-ethyl adjacent to an activating group) is 1. The first-order valence-electron chi connectivity index (χ1n) is 15.2. The molecule has 3 atom stereocenters. The quantitative estimate of drug-likeness (QED) is 0.351. The lowest BCUT2D eigenvalue weighted by atomic mass is 9.84. The van der Waals surface area contributed by atoms with Crippen molar-refractivity contribution >= 4 is 40.4 Å². The molecule has 5 amide bonds. The van der Waals surface area contributed by atoms with Gasteiger partial charge < -0.3 is 30.7 Å². The van der Waals surface area contributed by atoms with Crippen LogP contribution in [0.2, 0.25) is 0 Å². The third kappa shape index (κ3) is 7.10. The maximum atomic E-state index is 13.9. The second-order valence-corrected chi connectivity index (χ2v) is 11.7. The third-order valence-electron chi connectivity index (χ3n) is 8.74. The van der Waals surface area contributed by atoms with Crippen molar-refractivity contribution in [2.75, 3.05) is 26.7 Å². The summed E-state index contributed by atoms with van der Waals surface area (Å²) in [7, 11) is 1.51. The summed E-state index contributed by atoms with van der Waals surface area (Å²) in [6, 6.07) is 14.2. The van der Waals surface area contributed by atoms with Crippen molar-refractivity contribution in [2.45, 2.75) is 57.2 Å². The van der Waals surface area contributed by atoms with Gasteiger partial charge in [-0.2, -0.15) is 0 Å². The summed E-state index contributed by atoms with van der Waals surface area (Å²) in [6.45, 7) is 1.58. The monoisotopic (exact) mass is 600 g/mol. The molecule has 2 aliphatic rings. The van der Waals surface area contributed by atoms with Gasteiger partial charge in [0, 0.05) is 56.0 Å². The molecule has 1 aromatic heterocycles. The molecule has 2 fully saturated rings. The number of H-pyrrole nitrogens is 1. The summed E-state index contributed by atoms with van der Waals surface area (Å²) in [4.78, 5) is 73.4. The van der Waals surface area contributed by atoms with Gasteiger partial charge in [-0.1, -0.05) is 55.0 Å². The number of carbonyl (C=O) groups excluding carboxylic acids is 5. The van der Waals surface area contributed by atoms with E-state index in [4.69, 9.17) is 0 Å². The molecule has 232 valence electrons. The molecule has 0 spiro atoms. The van der Waals surface area contributed by atoms with Gasteiger partial charge in [-0.3, -0.25) is 24.0 Å². The van der Waals surface area contributed by atoms with Crippen molar-refractivity contribution in [3.8, 4) is 0 Å². The summed E-state index contributed by atoms with van der Waals surface area (Å²) >= 11 is 0. The maximum absolute atomic E-state index is 13.9. The van der Waals surface area contributed by atoms with Crippen LogP contribution in [0.25, 0.3) is 10.9 Å². The maximum Gasteiger partial charge on any atom is 0.245 e. The lowest BCUT2D eigenvalue weighted by molar-refractivity contribution is -0.143. The fourth-order valence-corrected chi connectivity index (χ4v) is 5.72. The van der Waals surface area contributed by atoms with Crippen molar-refractivity contribution in [3.05, 3.63) is 71.9 Å². The van der Waals surface area contributed by atoms with Gasteiger partial charge in [0.2, 0.25) is 29.5 Å². The third-order valence-corrected chi connectivity index (χ3v) is 8.74. The second-order valence-electron chi connectivity index (χ2n) is 11.7. The molecule has 1 saturated carbocycles. The minimum Gasteiger partial charge on any atom is -0.361 e. The Bertz CT molecular complexity index is 1520. The molecule has 2 aromatic carbocycles. The number of para-hydroxylation sites is 1. The first kappa shape index (κ1) is 30.8. The number of nitrogens with one attached hydrogen (secondary N) is 4. The molecule has 1 saturated heterocycles. The van der Waals surface area contributed by atoms with Crippen LogP contribution in [-0.2, 0) is 36.8 Å². The fraction of sp³-hybridized carbons (Fsp3) is 0.424. The van der Waals surface area contributed by atoms with Gasteiger partial charge >= 0.3 is 0 Å². The SMILES string of the molecule is C[C@H]1C(=O)N[C@@H](Cc2ccccc2)C(=O)NCCN(C(=O)C2CCC2)CC(=O)N[C@@H](Cc2c[nH]c3ccccc23)C(=O)N1C. The predicted molar refractivity (Wildman–Crippen MR) is 165 cm³/mol. The van der Waals surface area contributed by atoms with Crippen LogP contribution in [0.5, 0.6) is 0 Å². The van der Waals surface area contributed by atoms with Gasteiger partial charge in [0.15, 0.2) is 0 Å². The number of fused-ring (bicyclic) bond motifs is 1. The van der Waals surface area contributed by atoms with E-state index in [0.717, 1.165) is 41.3 Å². The highest BCUT2D eigenvalue weighted by atomic mass is 16.2. The van der Waals surface area contributed by atoms with Gasteiger partial charge in [0.25, 0.3) is 0 Å². The Morgan fingerprint density at radius 1 is 0.886 bits per heavy atom. The van der Waals surface area contributed by atoms with Crippen molar-refractivity contribution in [1.29, 1.82) is 0 Å². The van der Waals surface area contributed by atoms with Gasteiger partial charge in [0.1, 0.15) is 18.1 Å². The molecule has 44 heavy (non-hydrogen) atoms. The van der Waals surface area contributed by atoms with E-state index in [9.17, 15) is 24.0 Å². The Morgan fingerprint density at radius 3 is 2.34 bits per heavy atom. The van der Waals surface area contributed by atoms with Crippen LogP contribution < -0.4 is 16.0 Å². The number of hydrogen-bond acceptors (Lipinski definition) is 5. The van der Waals surface area contributed by atoms with Crippen LogP contribution in [0.15, 0.2) is 60.8 Å². The standard InChI is InChI=1S/C33H40N6O5/c1-21-30(41)37-27(17-22-9-4-3-5-10-22)31(42)34-15-16-39(32(43)23-11-8-12-23)20-29(40)36-28(33(44)38(21)2)18-24-19-35-26-14-7-6-13-25(24)26/h3-7,9-10,13-14,19,21,23,27-28,35H,8,11-12,15-18,20H2,1-2H3,(H,34,42)(H,36,40)(H,37,41)/t21-,27-,28-/m0/s1. The normalized spacial score (nSPS) is 22.8. The van der Waals surface area contributed by atoms with Crippen molar-refractivity contribution in [2.24, 2.45) is 5.92 Å². The summed E-state index contributed by atoms with van der Waals surface area (Å²) in [5, 5.41) is 9.46. The molecular weight excluding hydrogens is 560 g/mol. The van der Waals surface area contributed by atoms with Crippen molar-refractivity contribution in [3.63, 3.8) is 0 Å². The number of amides is 5. The van der Waals surface area contributed by atoms with Crippen LogP contribution >= 0.6 is 0 Å². The molecule has 2 heterocycles. The zero-order chi connectivity index (χ0) is 31.2. The first-order valence-corrected chi connectivity index (χ1v) is 15.2. The molecule has 4 N–H and O–H groups in total. The van der Waals surface area contributed by atoms with E-state index < -0.39 is 41.8 Å². The summed E-state index contributed by atoms with van der Waals surface area (Å²) in [6.07, 6.45) is 4.72. The average Bonchev–Trinajstić information content (AvgIpc) is 3.40. The van der Waals surface area contributed by atoms with Gasteiger partial charge in [-0.15, -0.1) is 0 Å². The zero-order valence-electron chi connectivity index (χ0n) is 25.2. The van der Waals surface area contributed by atoms with Crippen molar-refractivity contribution < 1.29 is 24.0 Å². The summed E-state index contributed by atoms with van der Waals surface area (Å²) in [5.74, 6) is -2.13. The Morgan fingerprint density at radius 2 is 1.61 bits per heavy atom. The molecule has 5 rings (SSSR count). The minimum atomic E-state index is -0.993. The van der Waals surface area contributed by atoms with Gasteiger partial charge in [0.05, 0.1) is 6.54 Å². The van der Waals surface area contributed by atoms with Crippen LogP contribution in [-0.4, -0.2) is 89.1 Å². The number of hydrogen-bond donors (Lipinski definition) is 4. The molecular formula is C33H40N6O5. The minimum absolute atomic E-state index is 0.110. The number of rotatable bonds is 5. The van der Waals surface area contributed by atoms with E-state index in [1.165, 1.54) is 16.8 Å². The number of aromatic amines is 1. The molecule has 1 aliphatic heterocycles. The van der Waals surface area contributed by atoms with E-state index in [2.05, 4.69) is 20.9 Å². The molecule has 0 radical (unpaired) electrons. The topological polar surface area (TPSA) is 144 Å². The number of carbonyl (C=O) groups is 5. The van der Waals surface area contributed by atoms with E-state index >= 15 is 0 Å². The Hall–Kier alpha value is -4.67. The number of aromatic nitrogens is 1. The van der Waals surface area contributed by atoms with Gasteiger partial charge in [-0.25, -0.2) is 0 Å². The van der Waals surface area contributed by atoms with Crippen LogP contribution in [0.1, 0.15) is 37.3 Å². The lowest BCUT2D eigenvalue weighted by Crippen LogP contribution is -2.57. The smallest absolute Gasteiger partial charge is 0.245 e. The number of nitrogens with zero attached hydrogens (tertiary/aromatic N) is 2. The highest BCUT2D eigenvalue weighted by Gasteiger charge is 2.35. The van der Waals surface area contributed by atoms with Crippen LogP contribution in [0.4, 0.5) is 0 Å².